The van der Waals surface area contributed by atoms with Crippen molar-refractivity contribution in [2.45, 2.75) is 13.3 Å². The van der Waals surface area contributed by atoms with Crippen LogP contribution in [0.4, 0.5) is 5.69 Å². The number of ether oxygens (including phenoxy) is 1. The van der Waals surface area contributed by atoms with Gasteiger partial charge in [0.15, 0.2) is 0 Å². The summed E-state index contributed by atoms with van der Waals surface area (Å²) in [5, 5.41) is 5.57. The van der Waals surface area contributed by atoms with E-state index in [9.17, 15) is 4.79 Å². The number of benzene rings is 1. The van der Waals surface area contributed by atoms with Crippen LogP contribution < -0.4 is 15.4 Å². The first-order chi connectivity index (χ1) is 7.76. The Morgan fingerprint density at radius 2 is 2.18 bits per heavy atom. The second kappa shape index (κ2) is 8.84. The molecule has 0 aliphatic carbocycles. The number of rotatable bonds is 6. The predicted octanol–water partition coefficient (Wildman–Crippen LogP) is 2.06. The minimum atomic E-state index is -0.0601. The quantitative estimate of drug-likeness (QED) is 0.821. The highest BCUT2D eigenvalue weighted by Gasteiger charge is 2.01. The first-order valence-corrected chi connectivity index (χ1v) is 5.43. The van der Waals surface area contributed by atoms with Crippen LogP contribution >= 0.6 is 12.4 Å². The Labute approximate surface area is 108 Å². The Hall–Kier alpha value is -1.26. The molecule has 1 rings (SSSR count). The average Bonchev–Trinajstić information content (AvgIpc) is 2.27. The van der Waals surface area contributed by atoms with E-state index >= 15 is 0 Å². The molecule has 96 valence electrons. The van der Waals surface area contributed by atoms with Crippen LogP contribution in [0.25, 0.3) is 0 Å². The summed E-state index contributed by atoms with van der Waals surface area (Å²) >= 11 is 0. The average molecular weight is 259 g/mol. The van der Waals surface area contributed by atoms with Gasteiger partial charge in [0.1, 0.15) is 5.75 Å². The molecular formula is C12H19ClN2O2. The van der Waals surface area contributed by atoms with E-state index in [1.807, 2.05) is 24.3 Å². The zero-order valence-electron chi connectivity index (χ0n) is 10.2. The molecule has 17 heavy (non-hydrogen) atoms. The van der Waals surface area contributed by atoms with Crippen LogP contribution in [-0.2, 0) is 4.79 Å². The molecule has 2 N–H and O–H groups in total. The van der Waals surface area contributed by atoms with E-state index in [2.05, 4.69) is 17.6 Å². The number of amides is 1. The number of likely N-dealkylation sites (N-methyl/N-ethyl adjacent to an activating group) is 1. The van der Waals surface area contributed by atoms with Gasteiger partial charge in [-0.1, -0.05) is 13.0 Å². The summed E-state index contributed by atoms with van der Waals surface area (Å²) in [5.74, 6) is 0.722. The molecule has 0 unspecified atom stereocenters. The third-order valence-corrected chi connectivity index (χ3v) is 1.93. The highest BCUT2D eigenvalue weighted by atomic mass is 35.5. The molecule has 1 aromatic rings. The summed E-state index contributed by atoms with van der Waals surface area (Å²) in [4.78, 5) is 11.3. The van der Waals surface area contributed by atoms with Crippen molar-refractivity contribution in [3.05, 3.63) is 24.3 Å². The standard InChI is InChI=1S/C12H18N2O2.ClH/c1-3-7-16-11-6-4-5-10(8-11)14-12(15)9-13-2;/h4-6,8,13H,3,7,9H2,1-2H3,(H,14,15);1H. The van der Waals surface area contributed by atoms with E-state index in [1.165, 1.54) is 0 Å². The largest absolute Gasteiger partial charge is 0.494 e. The maximum Gasteiger partial charge on any atom is 0.238 e. The van der Waals surface area contributed by atoms with Crippen LogP contribution in [0.5, 0.6) is 5.75 Å². The molecule has 1 amide bonds. The molecule has 0 saturated carbocycles. The van der Waals surface area contributed by atoms with E-state index < -0.39 is 0 Å². The maximum absolute atomic E-state index is 11.3. The van der Waals surface area contributed by atoms with Crippen LogP contribution in [0.3, 0.4) is 0 Å². The van der Waals surface area contributed by atoms with Crippen LogP contribution in [-0.4, -0.2) is 26.1 Å². The van der Waals surface area contributed by atoms with Crippen molar-refractivity contribution >= 4 is 24.0 Å². The molecule has 0 heterocycles. The molecule has 0 aliphatic heterocycles. The normalized spacial score (nSPS) is 9.29. The van der Waals surface area contributed by atoms with Crippen LogP contribution in [0, 0.1) is 0 Å². The third kappa shape index (κ3) is 6.14. The number of carbonyl (C=O) groups excluding carboxylic acids is 1. The molecule has 0 radical (unpaired) electrons. The SMILES string of the molecule is CCCOc1cccc(NC(=O)CNC)c1.Cl. The summed E-state index contributed by atoms with van der Waals surface area (Å²) < 4.78 is 5.47. The van der Waals surface area contributed by atoms with Gasteiger partial charge in [-0.3, -0.25) is 4.79 Å². The Kier molecular flexibility index (Phi) is 8.19. The van der Waals surface area contributed by atoms with Crippen LogP contribution in [0.2, 0.25) is 0 Å². The highest BCUT2D eigenvalue weighted by Crippen LogP contribution is 2.17. The number of nitrogens with one attached hydrogen (secondary N) is 2. The number of hydrogen-bond donors (Lipinski definition) is 2. The number of hydrogen-bond acceptors (Lipinski definition) is 3. The molecule has 0 saturated heterocycles. The number of halogens is 1. The van der Waals surface area contributed by atoms with Gasteiger partial charge in [0, 0.05) is 11.8 Å². The van der Waals surface area contributed by atoms with Gasteiger partial charge in [0.2, 0.25) is 5.91 Å². The highest BCUT2D eigenvalue weighted by molar-refractivity contribution is 5.92. The lowest BCUT2D eigenvalue weighted by atomic mass is 10.3. The van der Waals surface area contributed by atoms with E-state index in [0.29, 0.717) is 13.2 Å². The molecule has 0 fully saturated rings. The Morgan fingerprint density at radius 1 is 1.41 bits per heavy atom. The van der Waals surface area contributed by atoms with E-state index in [0.717, 1.165) is 17.9 Å². The lowest BCUT2D eigenvalue weighted by Gasteiger charge is -2.08. The van der Waals surface area contributed by atoms with Crippen LogP contribution in [0.1, 0.15) is 13.3 Å². The van der Waals surface area contributed by atoms with E-state index in [4.69, 9.17) is 4.74 Å². The van der Waals surface area contributed by atoms with Gasteiger partial charge in [-0.25, -0.2) is 0 Å². The first kappa shape index (κ1) is 15.7. The van der Waals surface area contributed by atoms with Gasteiger partial charge in [-0.2, -0.15) is 0 Å². The monoisotopic (exact) mass is 258 g/mol. The maximum atomic E-state index is 11.3. The fourth-order valence-electron chi connectivity index (χ4n) is 1.25. The van der Waals surface area contributed by atoms with Crippen molar-refractivity contribution in [1.82, 2.24) is 5.32 Å². The fourth-order valence-corrected chi connectivity index (χ4v) is 1.25. The minimum absolute atomic E-state index is 0. The van der Waals surface area contributed by atoms with Gasteiger partial charge in [-0.15, -0.1) is 12.4 Å². The predicted molar refractivity (Wildman–Crippen MR) is 72.0 cm³/mol. The number of carbonyl (C=O) groups is 1. The molecule has 0 bridgehead atoms. The van der Waals surface area contributed by atoms with Crippen molar-refractivity contribution in [2.75, 3.05) is 25.5 Å². The summed E-state index contributed by atoms with van der Waals surface area (Å²) in [5.41, 5.74) is 0.758. The lowest BCUT2D eigenvalue weighted by molar-refractivity contribution is -0.115. The minimum Gasteiger partial charge on any atom is -0.494 e. The Morgan fingerprint density at radius 3 is 2.82 bits per heavy atom. The van der Waals surface area contributed by atoms with E-state index in [1.54, 1.807) is 7.05 Å². The van der Waals surface area contributed by atoms with Crippen molar-refractivity contribution in [2.24, 2.45) is 0 Å². The van der Waals surface area contributed by atoms with Crippen molar-refractivity contribution in [3.8, 4) is 5.75 Å². The Bertz CT molecular complexity index is 345. The molecule has 0 atom stereocenters. The summed E-state index contributed by atoms with van der Waals surface area (Å²) in [6.07, 6.45) is 0.969. The topological polar surface area (TPSA) is 50.4 Å². The zero-order valence-corrected chi connectivity index (χ0v) is 11.0. The van der Waals surface area contributed by atoms with Gasteiger partial charge in [-0.05, 0) is 25.6 Å². The second-order valence-electron chi connectivity index (χ2n) is 3.45. The second-order valence-corrected chi connectivity index (χ2v) is 3.45. The molecule has 0 aromatic heterocycles. The zero-order chi connectivity index (χ0) is 11.8. The summed E-state index contributed by atoms with van der Waals surface area (Å²) in [6.45, 7) is 3.05. The van der Waals surface area contributed by atoms with Crippen molar-refractivity contribution < 1.29 is 9.53 Å². The molecule has 0 aliphatic rings. The van der Waals surface area contributed by atoms with E-state index in [-0.39, 0.29) is 18.3 Å². The molecule has 4 nitrogen and oxygen atoms in total. The first-order valence-electron chi connectivity index (χ1n) is 5.43. The number of anilines is 1. The summed E-state index contributed by atoms with van der Waals surface area (Å²) in [6, 6.07) is 7.40. The van der Waals surface area contributed by atoms with Gasteiger partial charge in [0.05, 0.1) is 13.2 Å². The Balaban J connectivity index is 0.00000256. The third-order valence-electron chi connectivity index (χ3n) is 1.93. The smallest absolute Gasteiger partial charge is 0.238 e. The molecular weight excluding hydrogens is 240 g/mol. The lowest BCUT2D eigenvalue weighted by Crippen LogP contribution is -2.24. The van der Waals surface area contributed by atoms with Gasteiger partial charge in [0.25, 0.3) is 0 Å². The molecule has 1 aromatic carbocycles. The van der Waals surface area contributed by atoms with Crippen LogP contribution in [0.15, 0.2) is 24.3 Å². The van der Waals surface area contributed by atoms with Crippen molar-refractivity contribution in [3.63, 3.8) is 0 Å². The summed E-state index contributed by atoms with van der Waals surface area (Å²) in [7, 11) is 1.74. The van der Waals surface area contributed by atoms with Crippen molar-refractivity contribution in [1.29, 1.82) is 0 Å². The molecule has 5 heteroatoms. The van der Waals surface area contributed by atoms with Gasteiger partial charge < -0.3 is 15.4 Å². The van der Waals surface area contributed by atoms with Gasteiger partial charge >= 0.3 is 0 Å². The molecule has 0 spiro atoms. The fraction of sp³-hybridized carbons (Fsp3) is 0.417.